The Morgan fingerprint density at radius 3 is 2.34 bits per heavy atom. The van der Waals surface area contributed by atoms with Crippen molar-refractivity contribution in [3.63, 3.8) is 0 Å². The Bertz CT molecular complexity index is 732. The maximum absolute atomic E-state index is 12.5. The molecule has 1 saturated heterocycles. The van der Waals surface area contributed by atoms with Crippen LogP contribution in [0.5, 0.6) is 11.5 Å². The van der Waals surface area contributed by atoms with Gasteiger partial charge < -0.3 is 19.7 Å². The number of piperidine rings is 1. The number of nitrogens with zero attached hydrogens (tertiary/aromatic N) is 1. The fourth-order valence-corrected chi connectivity index (χ4v) is 4.16. The number of hydrogen-bond acceptors (Lipinski definition) is 4. The molecule has 0 aromatic heterocycles. The number of benzene rings is 1. The second-order valence-corrected chi connectivity index (χ2v) is 7.89. The smallest absolute Gasteiger partial charge is 0.246 e. The summed E-state index contributed by atoms with van der Waals surface area (Å²) in [6.07, 6.45) is 10.6. The third-order valence-corrected chi connectivity index (χ3v) is 5.95. The summed E-state index contributed by atoms with van der Waals surface area (Å²) in [6.45, 7) is 1.34. The first kappa shape index (κ1) is 21.2. The maximum atomic E-state index is 12.5. The lowest BCUT2D eigenvalue weighted by molar-refractivity contribution is -0.128. The molecule has 0 spiro atoms. The lowest BCUT2D eigenvalue weighted by atomic mass is 9.88. The van der Waals surface area contributed by atoms with Crippen LogP contribution in [0.3, 0.4) is 0 Å². The topological polar surface area (TPSA) is 67.9 Å². The highest BCUT2D eigenvalue weighted by atomic mass is 16.5. The summed E-state index contributed by atoms with van der Waals surface area (Å²) >= 11 is 0. The normalized spacial score (nSPS) is 18.6. The van der Waals surface area contributed by atoms with Crippen LogP contribution in [-0.2, 0) is 9.59 Å². The second-order valence-electron chi connectivity index (χ2n) is 7.89. The zero-order valence-corrected chi connectivity index (χ0v) is 17.5. The Hall–Kier alpha value is -2.50. The van der Waals surface area contributed by atoms with Gasteiger partial charge in [-0.3, -0.25) is 9.59 Å². The number of carbonyl (C=O) groups is 2. The predicted molar refractivity (Wildman–Crippen MR) is 113 cm³/mol. The molecular weight excluding hydrogens is 368 g/mol. The molecule has 0 atom stereocenters. The molecule has 1 N–H and O–H groups in total. The molecule has 29 heavy (non-hydrogen) atoms. The van der Waals surface area contributed by atoms with Crippen molar-refractivity contribution in [2.75, 3.05) is 27.3 Å². The standard InChI is InChI=1S/C23H32N2O4/c1-28-20-10-8-17(16-21(20)29-2)9-11-22(26)25-14-12-19(13-15-25)24-23(27)18-6-4-3-5-7-18/h8-11,16,18-19H,3-7,12-15H2,1-2H3,(H,24,27)/b11-9+. The van der Waals surface area contributed by atoms with Gasteiger partial charge >= 0.3 is 0 Å². The first-order chi connectivity index (χ1) is 14.1. The highest BCUT2D eigenvalue weighted by Gasteiger charge is 2.26. The van der Waals surface area contributed by atoms with Crippen LogP contribution in [0.25, 0.3) is 6.08 Å². The third kappa shape index (κ3) is 5.75. The van der Waals surface area contributed by atoms with Gasteiger partial charge in [0.15, 0.2) is 11.5 Å². The molecule has 2 aliphatic rings. The monoisotopic (exact) mass is 400 g/mol. The first-order valence-corrected chi connectivity index (χ1v) is 10.6. The molecule has 6 heteroatoms. The number of likely N-dealkylation sites (tertiary alicyclic amines) is 1. The van der Waals surface area contributed by atoms with E-state index in [9.17, 15) is 9.59 Å². The number of carbonyl (C=O) groups excluding carboxylic acids is 2. The van der Waals surface area contributed by atoms with E-state index in [4.69, 9.17) is 9.47 Å². The number of amides is 2. The number of methoxy groups -OCH3 is 2. The van der Waals surface area contributed by atoms with Gasteiger partial charge in [-0.25, -0.2) is 0 Å². The summed E-state index contributed by atoms with van der Waals surface area (Å²) in [4.78, 5) is 26.8. The number of rotatable bonds is 6. The molecule has 0 radical (unpaired) electrons. The van der Waals surface area contributed by atoms with Crippen molar-refractivity contribution in [2.24, 2.45) is 5.92 Å². The van der Waals surface area contributed by atoms with Gasteiger partial charge in [-0.2, -0.15) is 0 Å². The molecule has 0 bridgehead atoms. The van der Waals surface area contributed by atoms with Crippen molar-refractivity contribution in [1.82, 2.24) is 10.2 Å². The van der Waals surface area contributed by atoms with E-state index in [1.165, 1.54) is 6.42 Å². The zero-order valence-electron chi connectivity index (χ0n) is 17.5. The minimum atomic E-state index is -0.00292. The van der Waals surface area contributed by atoms with Crippen molar-refractivity contribution in [3.8, 4) is 11.5 Å². The third-order valence-electron chi connectivity index (χ3n) is 5.95. The van der Waals surface area contributed by atoms with Gasteiger partial charge in [-0.1, -0.05) is 25.3 Å². The van der Waals surface area contributed by atoms with Gasteiger partial charge in [0, 0.05) is 31.1 Å². The summed E-state index contributed by atoms with van der Waals surface area (Å²) in [5, 5.41) is 3.21. The van der Waals surface area contributed by atoms with E-state index in [-0.39, 0.29) is 23.8 Å². The van der Waals surface area contributed by atoms with Crippen LogP contribution in [0.2, 0.25) is 0 Å². The van der Waals surface area contributed by atoms with Gasteiger partial charge in [0.25, 0.3) is 0 Å². The molecular formula is C23H32N2O4. The average Bonchev–Trinajstić information content (AvgIpc) is 2.78. The second kappa shape index (κ2) is 10.3. The van der Waals surface area contributed by atoms with E-state index in [1.807, 2.05) is 23.1 Å². The Morgan fingerprint density at radius 1 is 1.00 bits per heavy atom. The van der Waals surface area contributed by atoms with Crippen LogP contribution in [0, 0.1) is 5.92 Å². The zero-order chi connectivity index (χ0) is 20.6. The lowest BCUT2D eigenvalue weighted by Crippen LogP contribution is -2.47. The summed E-state index contributed by atoms with van der Waals surface area (Å²) in [5.41, 5.74) is 0.880. The Balaban J connectivity index is 1.47. The molecule has 1 aromatic carbocycles. The molecule has 1 aliphatic carbocycles. The van der Waals surface area contributed by atoms with Crippen LogP contribution < -0.4 is 14.8 Å². The summed E-state index contributed by atoms with van der Waals surface area (Å²) in [6, 6.07) is 5.74. The minimum Gasteiger partial charge on any atom is -0.493 e. The number of nitrogens with one attached hydrogen (secondary N) is 1. The molecule has 6 nitrogen and oxygen atoms in total. The van der Waals surface area contributed by atoms with E-state index in [0.717, 1.165) is 44.1 Å². The van der Waals surface area contributed by atoms with Crippen molar-refractivity contribution in [1.29, 1.82) is 0 Å². The molecule has 1 aromatic rings. The summed E-state index contributed by atoms with van der Waals surface area (Å²) < 4.78 is 10.5. The average molecular weight is 401 g/mol. The van der Waals surface area contributed by atoms with Crippen LogP contribution in [0.15, 0.2) is 24.3 Å². The van der Waals surface area contributed by atoms with Crippen LogP contribution >= 0.6 is 0 Å². The minimum absolute atomic E-state index is 0.00292. The quantitative estimate of drug-likeness (QED) is 0.743. The van der Waals surface area contributed by atoms with Crippen molar-refractivity contribution >= 4 is 17.9 Å². The first-order valence-electron chi connectivity index (χ1n) is 10.6. The van der Waals surface area contributed by atoms with E-state index in [1.54, 1.807) is 26.4 Å². The SMILES string of the molecule is COc1ccc(/C=C/C(=O)N2CCC(NC(=O)C3CCCCC3)CC2)cc1OC. The summed E-state index contributed by atoms with van der Waals surface area (Å²) in [7, 11) is 3.19. The van der Waals surface area contributed by atoms with Crippen molar-refractivity contribution < 1.29 is 19.1 Å². The van der Waals surface area contributed by atoms with E-state index in [0.29, 0.717) is 24.6 Å². The fraction of sp³-hybridized carbons (Fsp3) is 0.565. The maximum Gasteiger partial charge on any atom is 0.246 e. The van der Waals surface area contributed by atoms with Gasteiger partial charge in [-0.15, -0.1) is 0 Å². The van der Waals surface area contributed by atoms with Gasteiger partial charge in [0.2, 0.25) is 11.8 Å². The molecule has 2 fully saturated rings. The van der Waals surface area contributed by atoms with Gasteiger partial charge in [-0.05, 0) is 49.5 Å². The van der Waals surface area contributed by atoms with Crippen LogP contribution in [0.4, 0.5) is 0 Å². The largest absolute Gasteiger partial charge is 0.493 e. The van der Waals surface area contributed by atoms with Crippen LogP contribution in [-0.4, -0.2) is 50.1 Å². The molecule has 2 amide bonds. The van der Waals surface area contributed by atoms with Gasteiger partial charge in [0.1, 0.15) is 0 Å². The molecule has 1 aliphatic heterocycles. The number of ether oxygens (including phenoxy) is 2. The van der Waals surface area contributed by atoms with Crippen molar-refractivity contribution in [3.05, 3.63) is 29.8 Å². The van der Waals surface area contributed by atoms with E-state index >= 15 is 0 Å². The molecule has 3 rings (SSSR count). The van der Waals surface area contributed by atoms with Crippen molar-refractivity contribution in [2.45, 2.75) is 51.0 Å². The number of hydrogen-bond donors (Lipinski definition) is 1. The van der Waals surface area contributed by atoms with Crippen LogP contribution in [0.1, 0.15) is 50.5 Å². The Kier molecular flexibility index (Phi) is 7.55. The highest BCUT2D eigenvalue weighted by Crippen LogP contribution is 2.28. The Labute approximate surface area is 173 Å². The molecule has 158 valence electrons. The van der Waals surface area contributed by atoms with E-state index in [2.05, 4.69) is 5.32 Å². The fourth-order valence-electron chi connectivity index (χ4n) is 4.16. The molecule has 1 saturated carbocycles. The van der Waals surface area contributed by atoms with Gasteiger partial charge in [0.05, 0.1) is 14.2 Å². The summed E-state index contributed by atoms with van der Waals surface area (Å²) in [5.74, 6) is 1.69. The van der Waals surface area contributed by atoms with E-state index < -0.39 is 0 Å². The molecule has 1 heterocycles. The Morgan fingerprint density at radius 2 is 1.69 bits per heavy atom. The molecule has 0 unspecified atom stereocenters. The lowest BCUT2D eigenvalue weighted by Gasteiger charge is -2.33. The highest BCUT2D eigenvalue weighted by molar-refractivity contribution is 5.92. The predicted octanol–water partition coefficient (Wildman–Crippen LogP) is 3.40.